The van der Waals surface area contributed by atoms with Gasteiger partial charge in [-0.15, -0.1) is 0 Å². The summed E-state index contributed by atoms with van der Waals surface area (Å²) in [5.74, 6) is 0.214. The van der Waals surface area contributed by atoms with E-state index in [0.29, 0.717) is 25.2 Å². The second-order valence-electron chi connectivity index (χ2n) is 8.71. The van der Waals surface area contributed by atoms with Gasteiger partial charge in [-0.05, 0) is 54.6 Å². The van der Waals surface area contributed by atoms with Gasteiger partial charge in [-0.2, -0.15) is 0 Å². The number of amides is 2. The summed E-state index contributed by atoms with van der Waals surface area (Å²) in [4.78, 5) is 27.3. The van der Waals surface area contributed by atoms with Gasteiger partial charge in [0.15, 0.2) is 0 Å². The molecule has 0 unspecified atom stereocenters. The second kappa shape index (κ2) is 9.23. The minimum atomic E-state index is -0.194. The van der Waals surface area contributed by atoms with E-state index in [4.69, 9.17) is 5.73 Å². The molecule has 0 radical (unpaired) electrons. The van der Waals surface area contributed by atoms with Gasteiger partial charge in [0.2, 0.25) is 5.91 Å². The van der Waals surface area contributed by atoms with Gasteiger partial charge in [-0.25, -0.2) is 0 Å². The maximum atomic E-state index is 13.2. The van der Waals surface area contributed by atoms with E-state index in [1.807, 2.05) is 59.5 Å². The van der Waals surface area contributed by atoms with Crippen molar-refractivity contribution in [3.63, 3.8) is 0 Å². The van der Waals surface area contributed by atoms with Gasteiger partial charge in [-0.3, -0.25) is 9.59 Å². The molecule has 0 saturated heterocycles. The molecule has 2 aromatic carbocycles. The summed E-state index contributed by atoms with van der Waals surface area (Å²) in [5, 5.41) is 3.02. The maximum absolute atomic E-state index is 13.2. The molecular weight excluding hydrogens is 362 g/mol. The highest BCUT2D eigenvalue weighted by Gasteiger charge is 2.26. The summed E-state index contributed by atoms with van der Waals surface area (Å²) < 4.78 is 0. The normalized spacial score (nSPS) is 14.2. The third-order valence-electron chi connectivity index (χ3n) is 5.52. The van der Waals surface area contributed by atoms with Gasteiger partial charge in [0, 0.05) is 30.3 Å². The molecular formula is C24H31N3O2. The Hall–Kier alpha value is -2.66. The van der Waals surface area contributed by atoms with Crippen LogP contribution in [0.3, 0.4) is 0 Å². The molecule has 1 saturated carbocycles. The largest absolute Gasteiger partial charge is 0.334 e. The van der Waals surface area contributed by atoms with E-state index >= 15 is 0 Å². The van der Waals surface area contributed by atoms with Crippen molar-refractivity contribution in [1.29, 1.82) is 0 Å². The van der Waals surface area contributed by atoms with Gasteiger partial charge >= 0.3 is 0 Å². The average molecular weight is 394 g/mol. The third kappa shape index (κ3) is 5.67. The molecule has 3 rings (SSSR count). The molecule has 3 N–H and O–H groups in total. The highest BCUT2D eigenvalue weighted by atomic mass is 16.2. The van der Waals surface area contributed by atoms with E-state index in [9.17, 15) is 9.59 Å². The van der Waals surface area contributed by atoms with Gasteiger partial charge in [-0.1, -0.05) is 50.6 Å². The third-order valence-corrected chi connectivity index (χ3v) is 5.52. The Bertz CT molecular complexity index is 844. The maximum Gasteiger partial charge on any atom is 0.254 e. The molecule has 2 amide bonds. The van der Waals surface area contributed by atoms with Crippen LogP contribution in [0.4, 0.5) is 5.69 Å². The van der Waals surface area contributed by atoms with E-state index in [-0.39, 0.29) is 23.1 Å². The Morgan fingerprint density at radius 2 is 1.83 bits per heavy atom. The molecule has 2 aromatic rings. The van der Waals surface area contributed by atoms with Crippen LogP contribution in [0.2, 0.25) is 0 Å². The number of anilines is 1. The summed E-state index contributed by atoms with van der Waals surface area (Å²) >= 11 is 0. The minimum absolute atomic E-state index is 0.0176. The summed E-state index contributed by atoms with van der Waals surface area (Å²) in [5.41, 5.74) is 8.16. The molecule has 5 heteroatoms. The number of rotatable bonds is 8. The fraction of sp³-hybridized carbons (Fsp3) is 0.417. The Balaban J connectivity index is 1.77. The second-order valence-corrected chi connectivity index (χ2v) is 8.71. The van der Waals surface area contributed by atoms with Crippen molar-refractivity contribution in [2.75, 3.05) is 18.4 Å². The lowest BCUT2D eigenvalue weighted by atomic mass is 9.85. The predicted molar refractivity (Wildman–Crippen MR) is 116 cm³/mol. The first kappa shape index (κ1) is 21.1. The first-order chi connectivity index (χ1) is 13.9. The van der Waals surface area contributed by atoms with Gasteiger partial charge in [0.1, 0.15) is 0 Å². The smallest absolute Gasteiger partial charge is 0.254 e. The number of nitrogens with two attached hydrogens (primary N) is 1. The molecule has 1 aliphatic carbocycles. The Morgan fingerprint density at radius 1 is 1.10 bits per heavy atom. The van der Waals surface area contributed by atoms with E-state index in [1.165, 1.54) is 0 Å². The van der Waals surface area contributed by atoms with Crippen LogP contribution in [0.15, 0.2) is 54.6 Å². The van der Waals surface area contributed by atoms with Crippen molar-refractivity contribution in [3.05, 3.63) is 65.7 Å². The fourth-order valence-electron chi connectivity index (χ4n) is 3.43. The highest BCUT2D eigenvalue weighted by Crippen LogP contribution is 2.28. The van der Waals surface area contributed by atoms with Gasteiger partial charge in [0.25, 0.3) is 5.91 Å². The standard InChI is InChI=1S/C24H31N3O2/c1-24(2,16-25)17-27(23(29)20-9-4-3-5-10-20)15-18-8-6-13-21(14-18)26-22(28)19-11-7-12-19/h3-6,8-10,13-14,19H,7,11-12,15-17,25H2,1-2H3,(H,26,28). The topological polar surface area (TPSA) is 75.4 Å². The van der Waals surface area contributed by atoms with Crippen molar-refractivity contribution in [2.45, 2.75) is 39.7 Å². The molecule has 0 atom stereocenters. The van der Waals surface area contributed by atoms with Crippen LogP contribution < -0.4 is 11.1 Å². The highest BCUT2D eigenvalue weighted by molar-refractivity contribution is 5.94. The Labute approximate surface area is 173 Å². The van der Waals surface area contributed by atoms with Crippen LogP contribution in [0, 0.1) is 11.3 Å². The first-order valence-corrected chi connectivity index (χ1v) is 10.3. The molecule has 0 aliphatic heterocycles. The average Bonchev–Trinajstić information content (AvgIpc) is 2.66. The monoisotopic (exact) mass is 393 g/mol. The van der Waals surface area contributed by atoms with E-state index < -0.39 is 0 Å². The van der Waals surface area contributed by atoms with Crippen molar-refractivity contribution < 1.29 is 9.59 Å². The quantitative estimate of drug-likeness (QED) is 0.710. The van der Waals surface area contributed by atoms with Crippen LogP contribution in [0.5, 0.6) is 0 Å². The zero-order valence-electron chi connectivity index (χ0n) is 17.4. The molecule has 5 nitrogen and oxygen atoms in total. The number of nitrogens with one attached hydrogen (secondary N) is 1. The first-order valence-electron chi connectivity index (χ1n) is 10.3. The molecule has 0 aromatic heterocycles. The lowest BCUT2D eigenvalue weighted by Gasteiger charge is -2.32. The van der Waals surface area contributed by atoms with Crippen LogP contribution in [-0.2, 0) is 11.3 Å². The zero-order valence-corrected chi connectivity index (χ0v) is 17.4. The van der Waals surface area contributed by atoms with E-state index in [1.54, 1.807) is 0 Å². The SMILES string of the molecule is CC(C)(CN)CN(Cc1cccc(NC(=O)C2CCC2)c1)C(=O)c1ccccc1. The summed E-state index contributed by atoms with van der Waals surface area (Å²) in [6.45, 7) is 5.63. The molecule has 154 valence electrons. The van der Waals surface area contributed by atoms with Crippen LogP contribution in [-0.4, -0.2) is 29.8 Å². The molecule has 29 heavy (non-hydrogen) atoms. The number of carbonyl (C=O) groups is 2. The minimum Gasteiger partial charge on any atom is -0.334 e. The zero-order chi connectivity index (χ0) is 20.9. The lowest BCUT2D eigenvalue weighted by Crippen LogP contribution is -2.41. The van der Waals surface area contributed by atoms with Gasteiger partial charge in [0.05, 0.1) is 0 Å². The molecule has 1 fully saturated rings. The number of benzene rings is 2. The number of hydrogen-bond donors (Lipinski definition) is 2. The van der Waals surface area contributed by atoms with Crippen LogP contribution in [0.1, 0.15) is 49.0 Å². The molecule has 1 aliphatic rings. The molecule has 0 bridgehead atoms. The van der Waals surface area contributed by atoms with Gasteiger partial charge < -0.3 is 16.0 Å². The Morgan fingerprint density at radius 3 is 2.45 bits per heavy atom. The fourth-order valence-corrected chi connectivity index (χ4v) is 3.43. The number of nitrogens with zero attached hydrogens (tertiary/aromatic N) is 1. The number of carbonyl (C=O) groups excluding carboxylic acids is 2. The lowest BCUT2D eigenvalue weighted by molar-refractivity contribution is -0.122. The summed E-state index contributed by atoms with van der Waals surface area (Å²) in [6, 6.07) is 17.1. The van der Waals surface area contributed by atoms with E-state index in [2.05, 4.69) is 19.2 Å². The van der Waals surface area contributed by atoms with Crippen molar-refractivity contribution in [1.82, 2.24) is 4.90 Å². The van der Waals surface area contributed by atoms with E-state index in [0.717, 1.165) is 30.5 Å². The summed E-state index contributed by atoms with van der Waals surface area (Å²) in [7, 11) is 0. The van der Waals surface area contributed by atoms with Crippen LogP contribution in [0.25, 0.3) is 0 Å². The van der Waals surface area contributed by atoms with Crippen molar-refractivity contribution in [2.24, 2.45) is 17.1 Å². The summed E-state index contributed by atoms with van der Waals surface area (Å²) in [6.07, 6.45) is 3.07. The number of hydrogen-bond acceptors (Lipinski definition) is 3. The van der Waals surface area contributed by atoms with Crippen molar-refractivity contribution >= 4 is 17.5 Å². The molecule has 0 heterocycles. The van der Waals surface area contributed by atoms with Crippen LogP contribution >= 0.6 is 0 Å². The Kier molecular flexibility index (Phi) is 6.70. The molecule has 0 spiro atoms. The predicted octanol–water partition coefficient (Wildman–Crippen LogP) is 4.05. The van der Waals surface area contributed by atoms with Crippen molar-refractivity contribution in [3.8, 4) is 0 Å².